The second-order valence-corrected chi connectivity index (χ2v) is 4.28. The van der Waals surface area contributed by atoms with Gasteiger partial charge in [0.1, 0.15) is 5.75 Å². The van der Waals surface area contributed by atoms with Gasteiger partial charge in [0.2, 0.25) is 0 Å². The number of rotatable bonds is 2. The monoisotopic (exact) mass is 206 g/mol. The predicted octanol–water partition coefficient (Wildman–Crippen LogP) is 3.78. The van der Waals surface area contributed by atoms with Crippen LogP contribution in [0, 0.1) is 6.92 Å². The van der Waals surface area contributed by atoms with E-state index in [9.17, 15) is 0 Å². The fraction of sp³-hybridized carbons (Fsp3) is 0.333. The van der Waals surface area contributed by atoms with E-state index >= 15 is 0 Å². The summed E-state index contributed by atoms with van der Waals surface area (Å²) in [6.07, 6.45) is 1.08. The molecule has 0 aliphatic carbocycles. The van der Waals surface area contributed by atoms with Crippen molar-refractivity contribution in [3.63, 3.8) is 0 Å². The molecule has 2 rings (SSSR count). The van der Waals surface area contributed by atoms with Crippen molar-refractivity contribution >= 4 is 21.4 Å². The molecule has 0 saturated heterocycles. The van der Waals surface area contributed by atoms with Crippen LogP contribution in [0.25, 0.3) is 10.1 Å². The maximum atomic E-state index is 5.36. The van der Waals surface area contributed by atoms with E-state index in [-0.39, 0.29) is 0 Å². The molecular weight excluding hydrogens is 192 g/mol. The first-order valence-electron chi connectivity index (χ1n) is 4.81. The van der Waals surface area contributed by atoms with Crippen molar-refractivity contribution in [3.8, 4) is 5.75 Å². The van der Waals surface area contributed by atoms with Crippen molar-refractivity contribution in [1.29, 1.82) is 0 Å². The van der Waals surface area contributed by atoms with Crippen molar-refractivity contribution in [1.82, 2.24) is 0 Å². The zero-order chi connectivity index (χ0) is 10.1. The summed E-state index contributed by atoms with van der Waals surface area (Å²) in [5.41, 5.74) is 2.72. The molecule has 2 aromatic rings. The van der Waals surface area contributed by atoms with Gasteiger partial charge in [0.15, 0.2) is 0 Å². The summed E-state index contributed by atoms with van der Waals surface area (Å²) in [5, 5.41) is 3.38. The van der Waals surface area contributed by atoms with Crippen LogP contribution in [-0.2, 0) is 6.42 Å². The number of aryl methyl sites for hydroxylation is 2. The lowest BCUT2D eigenvalue weighted by Gasteiger charge is -2.04. The van der Waals surface area contributed by atoms with Crippen molar-refractivity contribution in [2.24, 2.45) is 0 Å². The molecule has 0 aliphatic heterocycles. The van der Waals surface area contributed by atoms with E-state index in [1.165, 1.54) is 21.2 Å². The highest BCUT2D eigenvalue weighted by Gasteiger charge is 2.09. The van der Waals surface area contributed by atoms with Crippen LogP contribution in [0.1, 0.15) is 18.1 Å². The maximum absolute atomic E-state index is 5.36. The predicted molar refractivity (Wildman–Crippen MR) is 62.5 cm³/mol. The van der Waals surface area contributed by atoms with E-state index in [0.717, 1.165) is 12.2 Å². The highest BCUT2D eigenvalue weighted by Crippen LogP contribution is 2.36. The molecule has 1 aromatic carbocycles. The molecule has 0 N–H and O–H groups in total. The minimum absolute atomic E-state index is 1.01. The molecule has 1 heterocycles. The molecule has 0 aliphatic rings. The zero-order valence-electron chi connectivity index (χ0n) is 8.76. The summed E-state index contributed by atoms with van der Waals surface area (Å²) in [6, 6.07) is 4.39. The fourth-order valence-corrected chi connectivity index (χ4v) is 2.95. The topological polar surface area (TPSA) is 9.23 Å². The molecule has 14 heavy (non-hydrogen) atoms. The zero-order valence-corrected chi connectivity index (χ0v) is 9.57. The molecule has 0 spiro atoms. The number of hydrogen-bond donors (Lipinski definition) is 0. The average molecular weight is 206 g/mol. The molecule has 2 heteroatoms. The van der Waals surface area contributed by atoms with Gasteiger partial charge in [0.05, 0.1) is 7.11 Å². The van der Waals surface area contributed by atoms with Gasteiger partial charge in [0, 0.05) is 15.5 Å². The van der Waals surface area contributed by atoms with Crippen molar-refractivity contribution < 1.29 is 4.74 Å². The van der Waals surface area contributed by atoms with E-state index in [1.807, 2.05) is 0 Å². The molecule has 0 bridgehead atoms. The molecule has 0 atom stereocenters. The maximum Gasteiger partial charge on any atom is 0.137 e. The Kier molecular flexibility index (Phi) is 2.46. The summed E-state index contributed by atoms with van der Waals surface area (Å²) in [6.45, 7) is 4.33. The molecule has 0 saturated carbocycles. The van der Waals surface area contributed by atoms with Crippen molar-refractivity contribution in [3.05, 3.63) is 28.6 Å². The first-order valence-corrected chi connectivity index (χ1v) is 5.69. The van der Waals surface area contributed by atoms with Crippen LogP contribution < -0.4 is 4.74 Å². The Hall–Kier alpha value is -1.02. The first kappa shape index (κ1) is 9.53. The SMILES string of the molecule is CCc1ccc(C)c2c(OC)csc12. The normalized spacial score (nSPS) is 10.8. The van der Waals surface area contributed by atoms with Crippen LogP contribution >= 0.6 is 11.3 Å². The van der Waals surface area contributed by atoms with Crippen LogP contribution in [-0.4, -0.2) is 7.11 Å². The van der Waals surface area contributed by atoms with Crippen molar-refractivity contribution in [2.45, 2.75) is 20.3 Å². The van der Waals surface area contributed by atoms with Gasteiger partial charge in [-0.05, 0) is 24.5 Å². The highest BCUT2D eigenvalue weighted by molar-refractivity contribution is 7.17. The van der Waals surface area contributed by atoms with Crippen LogP contribution in [0.5, 0.6) is 5.75 Å². The van der Waals surface area contributed by atoms with Gasteiger partial charge in [-0.15, -0.1) is 11.3 Å². The van der Waals surface area contributed by atoms with Crippen LogP contribution in [0.4, 0.5) is 0 Å². The Balaban J connectivity index is 2.80. The summed E-state index contributed by atoms with van der Waals surface area (Å²) in [4.78, 5) is 0. The van der Waals surface area contributed by atoms with Crippen molar-refractivity contribution in [2.75, 3.05) is 7.11 Å². The van der Waals surface area contributed by atoms with Crippen LogP contribution in [0.2, 0.25) is 0 Å². The molecule has 1 aromatic heterocycles. The Morgan fingerprint density at radius 3 is 2.79 bits per heavy atom. The van der Waals surface area contributed by atoms with Gasteiger partial charge < -0.3 is 4.74 Å². The molecule has 1 nitrogen and oxygen atoms in total. The van der Waals surface area contributed by atoms with Gasteiger partial charge in [-0.2, -0.15) is 0 Å². The third-order valence-electron chi connectivity index (χ3n) is 2.58. The van der Waals surface area contributed by atoms with Gasteiger partial charge in [0.25, 0.3) is 0 Å². The number of fused-ring (bicyclic) bond motifs is 1. The minimum atomic E-state index is 1.01. The Morgan fingerprint density at radius 1 is 1.36 bits per heavy atom. The number of thiophene rings is 1. The lowest BCUT2D eigenvalue weighted by atomic mass is 10.1. The Bertz CT molecular complexity index is 457. The summed E-state index contributed by atoms with van der Waals surface area (Å²) < 4.78 is 6.74. The first-order chi connectivity index (χ1) is 6.77. The number of hydrogen-bond acceptors (Lipinski definition) is 2. The van der Waals surface area contributed by atoms with Gasteiger partial charge in [-0.3, -0.25) is 0 Å². The molecular formula is C12H14OS. The lowest BCUT2D eigenvalue weighted by Crippen LogP contribution is -1.85. The van der Waals surface area contributed by atoms with Gasteiger partial charge >= 0.3 is 0 Å². The quantitative estimate of drug-likeness (QED) is 0.726. The largest absolute Gasteiger partial charge is 0.495 e. The average Bonchev–Trinajstić information content (AvgIpc) is 2.63. The van der Waals surface area contributed by atoms with E-state index in [0.29, 0.717) is 0 Å². The third-order valence-corrected chi connectivity index (χ3v) is 3.61. The lowest BCUT2D eigenvalue weighted by molar-refractivity contribution is 0.421. The molecule has 0 amide bonds. The third kappa shape index (κ3) is 1.30. The number of benzene rings is 1. The van der Waals surface area contributed by atoms with Crippen LogP contribution in [0.15, 0.2) is 17.5 Å². The Labute approximate surface area is 88.3 Å². The summed E-state index contributed by atoms with van der Waals surface area (Å²) >= 11 is 1.78. The van der Waals surface area contributed by atoms with Gasteiger partial charge in [-0.25, -0.2) is 0 Å². The fourth-order valence-electron chi connectivity index (χ4n) is 1.77. The van der Waals surface area contributed by atoms with E-state index in [1.54, 1.807) is 18.4 Å². The Morgan fingerprint density at radius 2 is 2.14 bits per heavy atom. The standard InChI is InChI=1S/C12H14OS/c1-4-9-6-5-8(2)11-10(13-3)7-14-12(9)11/h5-7H,4H2,1-3H3. The van der Waals surface area contributed by atoms with Crippen LogP contribution in [0.3, 0.4) is 0 Å². The van der Waals surface area contributed by atoms with E-state index in [2.05, 4.69) is 31.4 Å². The second kappa shape index (κ2) is 3.62. The van der Waals surface area contributed by atoms with E-state index < -0.39 is 0 Å². The number of methoxy groups -OCH3 is 1. The molecule has 0 radical (unpaired) electrons. The molecule has 0 unspecified atom stereocenters. The van der Waals surface area contributed by atoms with E-state index in [4.69, 9.17) is 4.74 Å². The smallest absolute Gasteiger partial charge is 0.137 e. The van der Waals surface area contributed by atoms with Gasteiger partial charge in [-0.1, -0.05) is 19.1 Å². The molecule has 0 fully saturated rings. The minimum Gasteiger partial charge on any atom is -0.495 e. The second-order valence-electron chi connectivity index (χ2n) is 3.40. The molecule has 74 valence electrons. The highest BCUT2D eigenvalue weighted by atomic mass is 32.1. The number of ether oxygens (including phenoxy) is 1. The summed E-state index contributed by atoms with van der Waals surface area (Å²) in [5.74, 6) is 1.01. The summed E-state index contributed by atoms with van der Waals surface area (Å²) in [7, 11) is 1.74.